The number of nitrogens with zero attached hydrogens (tertiary/aromatic N) is 1. The van der Waals surface area contributed by atoms with Crippen LogP contribution in [0.15, 0.2) is 18.3 Å². The Kier molecular flexibility index (Phi) is 5.28. The van der Waals surface area contributed by atoms with Gasteiger partial charge in [-0.15, -0.1) is 0 Å². The summed E-state index contributed by atoms with van der Waals surface area (Å²) in [5.41, 5.74) is 6.59. The molecule has 88 valence electrons. The van der Waals surface area contributed by atoms with Gasteiger partial charge in [0.15, 0.2) is 0 Å². The van der Waals surface area contributed by atoms with Crippen molar-refractivity contribution in [2.24, 2.45) is 5.73 Å². The molecule has 0 saturated heterocycles. The van der Waals surface area contributed by atoms with E-state index in [9.17, 15) is 4.79 Å². The number of nitrogens with one attached hydrogen (secondary N) is 2. The lowest BCUT2D eigenvalue weighted by Crippen LogP contribution is -2.23. The average molecular weight is 222 g/mol. The number of aromatic nitrogens is 1. The maximum Gasteiger partial charge on any atom is 0.216 e. The molecule has 1 amide bonds. The molecule has 0 aliphatic heterocycles. The summed E-state index contributed by atoms with van der Waals surface area (Å²) in [5.74, 6) is 0.827. The molecule has 0 unspecified atom stereocenters. The Morgan fingerprint density at radius 3 is 3.00 bits per heavy atom. The van der Waals surface area contributed by atoms with Crippen LogP contribution in [0.2, 0.25) is 0 Å². The first-order chi connectivity index (χ1) is 7.74. The minimum absolute atomic E-state index is 0.000448. The van der Waals surface area contributed by atoms with Gasteiger partial charge in [-0.05, 0) is 12.5 Å². The van der Waals surface area contributed by atoms with Crippen molar-refractivity contribution < 1.29 is 4.79 Å². The first kappa shape index (κ1) is 12.4. The topological polar surface area (TPSA) is 80.0 Å². The molecule has 0 aromatic carbocycles. The number of nitrogens with two attached hydrogens (primary N) is 1. The van der Waals surface area contributed by atoms with Crippen molar-refractivity contribution in [3.63, 3.8) is 0 Å². The Balaban J connectivity index is 2.28. The Morgan fingerprint density at radius 2 is 2.31 bits per heavy atom. The fourth-order valence-corrected chi connectivity index (χ4v) is 1.32. The Labute approximate surface area is 95.4 Å². The van der Waals surface area contributed by atoms with Crippen molar-refractivity contribution >= 4 is 11.7 Å². The average Bonchev–Trinajstić information content (AvgIpc) is 2.29. The van der Waals surface area contributed by atoms with Gasteiger partial charge < -0.3 is 16.4 Å². The van der Waals surface area contributed by atoms with Gasteiger partial charge in [-0.2, -0.15) is 0 Å². The zero-order valence-electron chi connectivity index (χ0n) is 9.49. The van der Waals surface area contributed by atoms with Crippen LogP contribution >= 0.6 is 0 Å². The quantitative estimate of drug-likeness (QED) is 0.611. The molecule has 0 saturated carbocycles. The van der Waals surface area contributed by atoms with Crippen LogP contribution < -0.4 is 16.4 Å². The van der Waals surface area contributed by atoms with E-state index in [1.807, 2.05) is 12.1 Å². The molecule has 0 aliphatic rings. The van der Waals surface area contributed by atoms with E-state index in [1.165, 1.54) is 6.92 Å². The fraction of sp³-hybridized carbons (Fsp3) is 0.455. The lowest BCUT2D eigenvalue weighted by molar-refractivity contribution is -0.118. The van der Waals surface area contributed by atoms with Crippen molar-refractivity contribution in [1.82, 2.24) is 10.3 Å². The lowest BCUT2D eigenvalue weighted by Gasteiger charge is -2.09. The Morgan fingerprint density at radius 1 is 1.50 bits per heavy atom. The van der Waals surface area contributed by atoms with E-state index >= 15 is 0 Å². The van der Waals surface area contributed by atoms with Gasteiger partial charge in [0, 0.05) is 38.3 Å². The van der Waals surface area contributed by atoms with Gasteiger partial charge in [-0.25, -0.2) is 4.98 Å². The number of rotatable bonds is 6. The lowest BCUT2D eigenvalue weighted by atomic mass is 10.2. The summed E-state index contributed by atoms with van der Waals surface area (Å²) in [5, 5.41) is 5.93. The summed E-state index contributed by atoms with van der Waals surface area (Å²) in [4.78, 5) is 14.8. The Bertz CT molecular complexity index is 341. The van der Waals surface area contributed by atoms with Crippen molar-refractivity contribution in [3.8, 4) is 0 Å². The molecule has 16 heavy (non-hydrogen) atoms. The number of hydrogen-bond acceptors (Lipinski definition) is 4. The highest BCUT2D eigenvalue weighted by Gasteiger charge is 1.99. The monoisotopic (exact) mass is 222 g/mol. The second-order valence-corrected chi connectivity index (χ2v) is 3.48. The zero-order valence-corrected chi connectivity index (χ0v) is 9.49. The number of carbonyl (C=O) groups excluding carboxylic acids is 1. The molecule has 0 aliphatic carbocycles. The van der Waals surface area contributed by atoms with Gasteiger partial charge >= 0.3 is 0 Å². The first-order valence-electron chi connectivity index (χ1n) is 5.36. The van der Waals surface area contributed by atoms with Crippen LogP contribution in [0.3, 0.4) is 0 Å². The highest BCUT2D eigenvalue weighted by Crippen LogP contribution is 2.09. The summed E-state index contributed by atoms with van der Waals surface area (Å²) < 4.78 is 0. The molecule has 1 aromatic heterocycles. The van der Waals surface area contributed by atoms with Crippen LogP contribution in [0.1, 0.15) is 18.9 Å². The summed E-state index contributed by atoms with van der Waals surface area (Å²) >= 11 is 0. The number of anilines is 1. The number of amides is 1. The van der Waals surface area contributed by atoms with E-state index in [4.69, 9.17) is 5.73 Å². The van der Waals surface area contributed by atoms with Crippen molar-refractivity contribution in [3.05, 3.63) is 23.9 Å². The molecule has 0 fully saturated rings. The molecule has 1 heterocycles. The third kappa shape index (κ3) is 4.27. The summed E-state index contributed by atoms with van der Waals surface area (Å²) in [6.07, 6.45) is 2.59. The van der Waals surface area contributed by atoms with E-state index < -0.39 is 0 Å². The molecule has 1 rings (SSSR count). The smallest absolute Gasteiger partial charge is 0.216 e. The van der Waals surface area contributed by atoms with E-state index in [-0.39, 0.29) is 5.91 Å². The predicted octanol–water partition coefficient (Wildman–Crippen LogP) is 0.478. The third-order valence-corrected chi connectivity index (χ3v) is 2.13. The highest BCUT2D eigenvalue weighted by molar-refractivity contribution is 5.72. The molecule has 0 radical (unpaired) electrons. The van der Waals surface area contributed by atoms with Gasteiger partial charge in [-0.3, -0.25) is 4.79 Å². The summed E-state index contributed by atoms with van der Waals surface area (Å²) in [6, 6.07) is 3.81. The van der Waals surface area contributed by atoms with Crippen LogP contribution in [0.5, 0.6) is 0 Å². The van der Waals surface area contributed by atoms with Gasteiger partial charge in [0.05, 0.1) is 0 Å². The fourth-order valence-electron chi connectivity index (χ4n) is 1.32. The van der Waals surface area contributed by atoms with E-state index in [1.54, 1.807) is 6.20 Å². The Hall–Kier alpha value is -1.62. The molecule has 5 nitrogen and oxygen atoms in total. The molecule has 0 spiro atoms. The molecular weight excluding hydrogens is 204 g/mol. The maximum atomic E-state index is 10.6. The maximum absolute atomic E-state index is 10.6. The number of pyridine rings is 1. The third-order valence-electron chi connectivity index (χ3n) is 2.13. The molecule has 0 bridgehead atoms. The van der Waals surface area contributed by atoms with Crippen molar-refractivity contribution in [2.45, 2.75) is 19.9 Å². The summed E-state index contributed by atoms with van der Waals surface area (Å²) in [6.45, 7) is 3.43. The largest absolute Gasteiger partial charge is 0.370 e. The van der Waals surface area contributed by atoms with Crippen LogP contribution in [0.4, 0.5) is 5.82 Å². The number of hydrogen-bond donors (Lipinski definition) is 3. The van der Waals surface area contributed by atoms with Gasteiger partial charge in [0.2, 0.25) is 5.91 Å². The van der Waals surface area contributed by atoms with Crippen LogP contribution in [0.25, 0.3) is 0 Å². The normalized spacial score (nSPS) is 9.88. The summed E-state index contributed by atoms with van der Waals surface area (Å²) in [7, 11) is 0. The van der Waals surface area contributed by atoms with E-state index in [0.29, 0.717) is 13.1 Å². The van der Waals surface area contributed by atoms with Crippen LogP contribution in [0, 0.1) is 0 Å². The number of carbonyl (C=O) groups is 1. The second kappa shape index (κ2) is 6.79. The molecule has 0 atom stereocenters. The zero-order chi connectivity index (χ0) is 11.8. The molecule has 4 N–H and O–H groups in total. The van der Waals surface area contributed by atoms with Gasteiger partial charge in [-0.1, -0.05) is 6.07 Å². The van der Waals surface area contributed by atoms with Crippen molar-refractivity contribution in [2.75, 3.05) is 18.4 Å². The SMILES string of the molecule is CC(=O)NCCCNc1ncccc1CN. The van der Waals surface area contributed by atoms with Crippen LogP contribution in [-0.4, -0.2) is 24.0 Å². The molecule has 1 aromatic rings. The molecule has 5 heteroatoms. The predicted molar refractivity (Wildman–Crippen MR) is 63.9 cm³/mol. The van der Waals surface area contributed by atoms with Gasteiger partial charge in [0.25, 0.3) is 0 Å². The van der Waals surface area contributed by atoms with E-state index in [2.05, 4.69) is 15.6 Å². The van der Waals surface area contributed by atoms with Gasteiger partial charge in [0.1, 0.15) is 5.82 Å². The first-order valence-corrected chi connectivity index (χ1v) is 5.36. The second-order valence-electron chi connectivity index (χ2n) is 3.48. The highest BCUT2D eigenvalue weighted by atomic mass is 16.1. The minimum atomic E-state index is 0.000448. The van der Waals surface area contributed by atoms with Crippen molar-refractivity contribution in [1.29, 1.82) is 0 Å². The van der Waals surface area contributed by atoms with Crippen LogP contribution in [-0.2, 0) is 11.3 Å². The van der Waals surface area contributed by atoms with E-state index in [0.717, 1.165) is 24.3 Å². The minimum Gasteiger partial charge on any atom is -0.370 e. The molecular formula is C11H18N4O. The standard InChI is InChI=1S/C11H18N4O/c1-9(16)13-6-3-7-15-11-10(8-12)4-2-5-14-11/h2,4-5H,3,6-8,12H2,1H3,(H,13,16)(H,14,15).